The lowest BCUT2D eigenvalue weighted by Crippen LogP contribution is -2.56. The van der Waals surface area contributed by atoms with E-state index >= 15 is 0 Å². The van der Waals surface area contributed by atoms with Crippen LogP contribution in [0.15, 0.2) is 78.9 Å². The Morgan fingerprint density at radius 3 is 2.09 bits per heavy atom. The Morgan fingerprint density at radius 2 is 1.51 bits per heavy atom. The highest BCUT2D eigenvalue weighted by atomic mass is 35.5. The molecule has 1 saturated heterocycles. The van der Waals surface area contributed by atoms with E-state index in [2.05, 4.69) is 22.3 Å². The first-order valence-electron chi connectivity index (χ1n) is 14.9. The van der Waals surface area contributed by atoms with Gasteiger partial charge in [0.05, 0.1) is 15.6 Å². The zero-order chi connectivity index (χ0) is 30.1. The number of benzene rings is 3. The smallest absolute Gasteiger partial charge is 0.318 e. The summed E-state index contributed by atoms with van der Waals surface area (Å²) in [5, 5.41) is 4.46. The molecule has 0 saturated carbocycles. The zero-order valence-corrected chi connectivity index (χ0v) is 27.6. The molecule has 1 unspecified atom stereocenters. The van der Waals surface area contributed by atoms with Crippen LogP contribution >= 0.6 is 35.6 Å². The molecular formula is C34H43Cl3N4O2. The first-order chi connectivity index (χ1) is 20.3. The predicted molar refractivity (Wildman–Crippen MR) is 180 cm³/mol. The highest BCUT2D eigenvalue weighted by Gasteiger charge is 2.38. The number of carbonyl (C=O) groups excluding carboxylic acids is 2. The predicted octanol–water partition coefficient (Wildman–Crippen LogP) is 7.70. The van der Waals surface area contributed by atoms with Crippen molar-refractivity contribution in [2.24, 2.45) is 0 Å². The topological polar surface area (TPSA) is 55.9 Å². The number of piperidine rings is 1. The van der Waals surface area contributed by atoms with Crippen LogP contribution in [0.3, 0.4) is 0 Å². The maximum Gasteiger partial charge on any atom is 0.318 e. The molecule has 1 atom stereocenters. The van der Waals surface area contributed by atoms with Gasteiger partial charge in [-0.2, -0.15) is 0 Å². The van der Waals surface area contributed by atoms with Crippen LogP contribution in [-0.4, -0.2) is 73.0 Å². The number of likely N-dealkylation sites (tertiary alicyclic amines) is 1. The maximum absolute atomic E-state index is 13.2. The maximum atomic E-state index is 13.2. The van der Waals surface area contributed by atoms with Gasteiger partial charge in [-0.1, -0.05) is 77.8 Å². The van der Waals surface area contributed by atoms with E-state index in [4.69, 9.17) is 23.2 Å². The molecule has 0 aliphatic carbocycles. The summed E-state index contributed by atoms with van der Waals surface area (Å²) in [4.78, 5) is 32.4. The lowest BCUT2D eigenvalue weighted by atomic mass is 9.80. The summed E-state index contributed by atoms with van der Waals surface area (Å²) in [6.07, 6.45) is 2.51. The van der Waals surface area contributed by atoms with E-state index in [1.165, 1.54) is 0 Å². The van der Waals surface area contributed by atoms with Gasteiger partial charge in [0.1, 0.15) is 0 Å². The van der Waals surface area contributed by atoms with E-state index in [1.807, 2.05) is 92.5 Å². The van der Waals surface area contributed by atoms with Gasteiger partial charge in [0.15, 0.2) is 0 Å². The second kappa shape index (κ2) is 16.3. The number of nitrogens with one attached hydrogen (secondary N) is 1. The van der Waals surface area contributed by atoms with Crippen molar-refractivity contribution >= 4 is 47.5 Å². The summed E-state index contributed by atoms with van der Waals surface area (Å²) in [5.74, 6) is 0.0795. The number of hydrogen-bond donors (Lipinski definition) is 1. The Morgan fingerprint density at radius 1 is 0.907 bits per heavy atom. The summed E-state index contributed by atoms with van der Waals surface area (Å²) in [6.45, 7) is 8.53. The van der Waals surface area contributed by atoms with Crippen LogP contribution in [0.4, 0.5) is 4.79 Å². The van der Waals surface area contributed by atoms with Gasteiger partial charge in [-0.25, -0.2) is 4.79 Å². The lowest BCUT2D eigenvalue weighted by molar-refractivity contribution is 0.0778. The number of rotatable bonds is 11. The molecule has 6 nitrogen and oxygen atoms in total. The number of nitrogens with zero attached hydrogens (tertiary/aromatic N) is 3. The molecule has 0 aromatic heterocycles. The third-order valence-corrected chi connectivity index (χ3v) is 9.24. The van der Waals surface area contributed by atoms with Crippen LogP contribution in [0.25, 0.3) is 0 Å². The quantitative estimate of drug-likeness (QED) is 0.233. The molecule has 1 fully saturated rings. The summed E-state index contributed by atoms with van der Waals surface area (Å²) < 4.78 is 0. The molecule has 43 heavy (non-hydrogen) atoms. The highest BCUT2D eigenvalue weighted by molar-refractivity contribution is 6.42. The summed E-state index contributed by atoms with van der Waals surface area (Å²) in [5.41, 5.74) is 2.50. The molecule has 0 spiro atoms. The number of amides is 3. The third-order valence-electron chi connectivity index (χ3n) is 8.50. The molecule has 0 bridgehead atoms. The summed E-state index contributed by atoms with van der Waals surface area (Å²) in [7, 11) is 1.85. The Balaban J connectivity index is 0.00000506. The summed E-state index contributed by atoms with van der Waals surface area (Å²) >= 11 is 12.6. The average molecular weight is 646 g/mol. The van der Waals surface area contributed by atoms with Crippen molar-refractivity contribution in [2.75, 3.05) is 46.3 Å². The fourth-order valence-corrected chi connectivity index (χ4v) is 6.19. The van der Waals surface area contributed by atoms with Crippen molar-refractivity contribution in [3.8, 4) is 0 Å². The van der Waals surface area contributed by atoms with Gasteiger partial charge in [-0.15, -0.1) is 12.4 Å². The van der Waals surface area contributed by atoms with Crippen molar-refractivity contribution in [3.05, 3.63) is 106 Å². The van der Waals surface area contributed by atoms with Crippen LogP contribution in [0.5, 0.6) is 0 Å². The Hall–Kier alpha value is -2.77. The minimum atomic E-state index is -0.400. The van der Waals surface area contributed by atoms with Crippen LogP contribution in [-0.2, 0) is 5.54 Å². The molecule has 1 aliphatic rings. The van der Waals surface area contributed by atoms with Crippen LogP contribution in [0, 0.1) is 0 Å². The standard InChI is InChI=1S/C34H42Cl2N4O2.ClH/c1-4-40(5-2)33(42)37-34(29-14-10-7-11-15-29)19-22-39(23-20-34)21-18-28(27-16-17-30(35)31(36)24-27)25-38(3)32(41)26-12-8-6-9-13-26;/h6-17,24,28H,4-5,18-23,25H2,1-3H3,(H,37,42);1H. The molecule has 1 N–H and O–H groups in total. The first-order valence-corrected chi connectivity index (χ1v) is 15.6. The normalized spacial score (nSPS) is 15.2. The van der Waals surface area contributed by atoms with Gasteiger partial charge >= 0.3 is 6.03 Å². The number of carbonyl (C=O) groups is 2. The minimum Gasteiger partial charge on any atom is -0.341 e. The minimum absolute atomic E-state index is 0. The molecule has 3 aromatic rings. The molecule has 3 amide bonds. The Labute approximate surface area is 272 Å². The van der Waals surface area contributed by atoms with Crippen LogP contribution in [0.1, 0.15) is 60.5 Å². The van der Waals surface area contributed by atoms with Crippen molar-refractivity contribution in [1.82, 2.24) is 20.0 Å². The molecular weight excluding hydrogens is 603 g/mol. The van der Waals surface area contributed by atoms with Gasteiger partial charge in [-0.3, -0.25) is 4.79 Å². The second-order valence-electron chi connectivity index (χ2n) is 11.1. The fraction of sp³-hybridized carbons (Fsp3) is 0.412. The van der Waals surface area contributed by atoms with Gasteiger partial charge in [0.25, 0.3) is 5.91 Å². The van der Waals surface area contributed by atoms with Gasteiger partial charge in [-0.05, 0) is 75.0 Å². The fourth-order valence-electron chi connectivity index (χ4n) is 5.88. The van der Waals surface area contributed by atoms with E-state index in [1.54, 1.807) is 4.90 Å². The Kier molecular flexibility index (Phi) is 13.2. The molecule has 4 rings (SSSR count). The van der Waals surface area contributed by atoms with E-state index in [0.717, 1.165) is 50.0 Å². The number of urea groups is 1. The lowest BCUT2D eigenvalue weighted by Gasteiger charge is -2.44. The molecule has 232 valence electrons. The van der Waals surface area contributed by atoms with E-state index in [-0.39, 0.29) is 30.3 Å². The first kappa shape index (κ1) is 34.7. The van der Waals surface area contributed by atoms with Gasteiger partial charge in [0, 0.05) is 51.3 Å². The average Bonchev–Trinajstić information content (AvgIpc) is 3.02. The van der Waals surface area contributed by atoms with Crippen LogP contribution in [0.2, 0.25) is 10.0 Å². The SMILES string of the molecule is CCN(CC)C(=O)NC1(c2ccccc2)CCN(CCC(CN(C)C(=O)c2ccccc2)c2ccc(Cl)c(Cl)c2)CC1.Cl. The van der Waals surface area contributed by atoms with Crippen molar-refractivity contribution in [2.45, 2.75) is 44.6 Å². The number of hydrogen-bond acceptors (Lipinski definition) is 3. The number of likely N-dealkylation sites (N-methyl/N-ethyl adjacent to an activating group) is 1. The monoisotopic (exact) mass is 644 g/mol. The second-order valence-corrected chi connectivity index (χ2v) is 11.9. The van der Waals surface area contributed by atoms with Gasteiger partial charge in [0.2, 0.25) is 0 Å². The van der Waals surface area contributed by atoms with E-state index in [9.17, 15) is 9.59 Å². The highest BCUT2D eigenvalue weighted by Crippen LogP contribution is 2.34. The molecule has 3 aromatic carbocycles. The van der Waals surface area contributed by atoms with Crippen molar-refractivity contribution in [3.63, 3.8) is 0 Å². The molecule has 1 heterocycles. The largest absolute Gasteiger partial charge is 0.341 e. The van der Waals surface area contributed by atoms with Crippen molar-refractivity contribution in [1.29, 1.82) is 0 Å². The molecule has 0 radical (unpaired) electrons. The van der Waals surface area contributed by atoms with Gasteiger partial charge < -0.3 is 20.0 Å². The van der Waals surface area contributed by atoms with Crippen molar-refractivity contribution < 1.29 is 9.59 Å². The molecule has 1 aliphatic heterocycles. The number of halogens is 3. The van der Waals surface area contributed by atoms with E-state index in [0.29, 0.717) is 35.2 Å². The summed E-state index contributed by atoms with van der Waals surface area (Å²) in [6, 6.07) is 25.5. The Bertz CT molecular complexity index is 1310. The van der Waals surface area contributed by atoms with Crippen LogP contribution < -0.4 is 5.32 Å². The third kappa shape index (κ3) is 8.89. The zero-order valence-electron chi connectivity index (χ0n) is 25.3. The van der Waals surface area contributed by atoms with E-state index < -0.39 is 5.54 Å². The molecule has 9 heteroatoms.